The van der Waals surface area contributed by atoms with Crippen LogP contribution in [0.1, 0.15) is 0 Å². The van der Waals surface area contributed by atoms with E-state index in [-0.39, 0.29) is 185 Å². The molecule has 0 aliphatic heterocycles. The van der Waals surface area contributed by atoms with Gasteiger partial charge < -0.3 is 21.9 Å². The Morgan fingerprint density at radius 3 is 0.250 bits per heavy atom. The van der Waals surface area contributed by atoms with E-state index < -0.39 is 21.6 Å². The molecule has 0 amide bonds. The summed E-state index contributed by atoms with van der Waals surface area (Å²) in [5.41, 5.74) is 0. The third-order valence-electron chi connectivity index (χ3n) is 0. The summed E-state index contributed by atoms with van der Waals surface area (Å²) >= 11 is 0. The summed E-state index contributed by atoms with van der Waals surface area (Å²) in [4.78, 5) is 0. The topological polar surface area (TPSA) is 382 Å². The second-order valence-electron chi connectivity index (χ2n) is 1.07. The third-order valence-corrected chi connectivity index (χ3v) is 0. The fourth-order valence-corrected chi connectivity index (χ4v) is 0. The van der Waals surface area contributed by atoms with Crippen LogP contribution in [-0.2, 0) is 0 Å². The van der Waals surface area contributed by atoms with Crippen molar-refractivity contribution in [1.82, 2.24) is 21.6 Å². The zero-order valence-electron chi connectivity index (χ0n) is 11.2. The molecule has 0 aromatic heterocycles. The van der Waals surface area contributed by atoms with Crippen molar-refractivity contribution in [2.45, 2.75) is 0 Å². The zero-order valence-corrected chi connectivity index (χ0v) is 24.0. The van der Waals surface area contributed by atoms with Gasteiger partial charge in [0.25, 0.3) is 0 Å². The fourth-order valence-electron chi connectivity index (χ4n) is 0. The maximum Gasteiger partial charge on any atom is 0.0685 e. The van der Waals surface area contributed by atoms with Crippen LogP contribution in [0.3, 0.4) is 0 Å². The second-order valence-corrected chi connectivity index (χ2v) is 1.07. The molecule has 24 heteroatoms. The minimum Gasteiger partial charge on any atom is -0.412 e. The van der Waals surface area contributed by atoms with Crippen LogP contribution in [0.15, 0.2) is 0 Å². The van der Waals surface area contributed by atoms with Crippen LogP contribution in [0, 0.1) is 163 Å². The van der Waals surface area contributed by atoms with Gasteiger partial charge in [0, 0.05) is 163 Å². The van der Waals surface area contributed by atoms with Gasteiger partial charge in [0.05, 0.1) is 21.6 Å². The molecule has 0 aliphatic rings. The Bertz CT molecular complexity index is 73.1. The predicted octanol–water partition coefficient (Wildman–Crippen LogP) is -5.47. The molecule has 0 unspecified atom stereocenters. The molecule has 0 saturated carbocycles. The molecule has 0 heterocycles. The Morgan fingerprint density at radius 1 is 0.250 bits per heavy atom. The Hall–Kier alpha value is 4.60. The molecule has 0 radical (unpaired) electrons. The average Bonchev–Trinajstić information content (AvgIpc) is 1.76. The normalized spacial score (nSPS) is 6.00. The van der Waals surface area contributed by atoms with E-state index >= 15 is 0 Å². The summed E-state index contributed by atoms with van der Waals surface area (Å²) in [6.07, 6.45) is 0. The van der Waals surface area contributed by atoms with Crippen LogP contribution in [0.25, 0.3) is 0 Å². The summed E-state index contributed by atoms with van der Waals surface area (Å²) in [7, 11) is 0. The van der Waals surface area contributed by atoms with Gasteiger partial charge in [-0.05, 0) is 0 Å². The molecule has 0 aromatic rings. The first-order valence-electron chi connectivity index (χ1n) is 2.40. The second kappa shape index (κ2) is 70.9. The van der Waals surface area contributed by atoms with E-state index in [0.717, 1.165) is 0 Å². The number of nitrogens with zero attached hydrogens (tertiary/aromatic N) is 4. The molecule has 152 valence electrons. The van der Waals surface area contributed by atoms with Gasteiger partial charge in [-0.3, -0.25) is 62.5 Å². The molecule has 20 nitrogen and oxygen atoms in total. The molecule has 0 saturated heterocycles. The van der Waals surface area contributed by atoms with Crippen LogP contribution in [-0.4, -0.2) is 106 Å². The van der Waals surface area contributed by atoms with Crippen molar-refractivity contribution in [3.8, 4) is 0 Å². The maximum atomic E-state index is 7.00. The molecular formula is H20N4Nd4O16. The van der Waals surface area contributed by atoms with Gasteiger partial charge in [-0.2, -0.15) is 0 Å². The van der Waals surface area contributed by atoms with Gasteiger partial charge >= 0.3 is 0 Å². The molecule has 0 fully saturated rings. The predicted molar refractivity (Wildman–Crippen MR) is 43.2 cm³/mol. The standard InChI is InChI=1S/4H3NO3.4Nd.4H2O/c4*2-1(3)4;;;;;;;;/h4*2-4H;;;;;4*1H2. The van der Waals surface area contributed by atoms with Crippen LogP contribution < -0.4 is 0 Å². The van der Waals surface area contributed by atoms with Crippen molar-refractivity contribution < 1.29 is 248 Å². The SMILES string of the molecule is O.O.O.O.ON(O)O.ON(O)O.ON(O)O.ON(O)O.[Nd].[Nd].[Nd].[Nd]. The first kappa shape index (κ1) is 79.1. The molecule has 0 rings (SSSR count). The molecule has 0 spiro atoms. The van der Waals surface area contributed by atoms with E-state index in [1.807, 2.05) is 0 Å². The van der Waals surface area contributed by atoms with E-state index in [2.05, 4.69) is 0 Å². The Kier molecular flexibility index (Phi) is 233. The zero-order chi connectivity index (χ0) is 14.3. The monoisotopic (exact) mass is 900 g/mol. The molecular weight excluding hydrogens is 889 g/mol. The van der Waals surface area contributed by atoms with Crippen molar-refractivity contribution in [1.29, 1.82) is 0 Å². The molecule has 0 bridgehead atoms. The summed E-state index contributed by atoms with van der Waals surface area (Å²) in [6.45, 7) is 0. The van der Waals surface area contributed by atoms with Crippen LogP contribution >= 0.6 is 0 Å². The Balaban J connectivity index is -0.00000000720. The van der Waals surface area contributed by atoms with E-state index in [1.165, 1.54) is 0 Å². The van der Waals surface area contributed by atoms with Crippen molar-refractivity contribution >= 4 is 0 Å². The first-order valence-corrected chi connectivity index (χ1v) is 2.40. The Morgan fingerprint density at radius 2 is 0.250 bits per heavy atom. The quantitative estimate of drug-likeness (QED) is 0.101. The first-order chi connectivity index (χ1) is 6.93. The Labute approximate surface area is 263 Å². The van der Waals surface area contributed by atoms with E-state index in [9.17, 15) is 0 Å². The van der Waals surface area contributed by atoms with Crippen molar-refractivity contribution in [2.75, 3.05) is 0 Å². The molecule has 24 heavy (non-hydrogen) atoms. The van der Waals surface area contributed by atoms with Gasteiger partial charge in [0.2, 0.25) is 0 Å². The summed E-state index contributed by atoms with van der Waals surface area (Å²) < 4.78 is 0. The van der Waals surface area contributed by atoms with Crippen molar-refractivity contribution in [3.63, 3.8) is 0 Å². The number of rotatable bonds is 0. The minimum atomic E-state index is -1.00. The number of hydrogen-bond acceptors (Lipinski definition) is 16. The molecule has 0 aromatic carbocycles. The van der Waals surface area contributed by atoms with Gasteiger partial charge in [0.15, 0.2) is 0 Å². The van der Waals surface area contributed by atoms with E-state index in [0.29, 0.717) is 0 Å². The van der Waals surface area contributed by atoms with Gasteiger partial charge in [-0.1, -0.05) is 0 Å². The van der Waals surface area contributed by atoms with Gasteiger partial charge in [-0.25, -0.2) is 0 Å². The third kappa shape index (κ3) is 823. The molecule has 0 aliphatic carbocycles. The van der Waals surface area contributed by atoms with Crippen molar-refractivity contribution in [2.24, 2.45) is 0 Å². The van der Waals surface area contributed by atoms with E-state index in [4.69, 9.17) is 62.5 Å². The van der Waals surface area contributed by atoms with Crippen LogP contribution in [0.5, 0.6) is 0 Å². The van der Waals surface area contributed by atoms with Crippen LogP contribution in [0.4, 0.5) is 0 Å². The summed E-state index contributed by atoms with van der Waals surface area (Å²) in [5, 5.41) is 80.0. The summed E-state index contributed by atoms with van der Waals surface area (Å²) in [5.74, 6) is 0. The fraction of sp³-hybridized carbons (Fsp3) is 0. The van der Waals surface area contributed by atoms with Gasteiger partial charge in [0.1, 0.15) is 0 Å². The van der Waals surface area contributed by atoms with Gasteiger partial charge in [-0.15, -0.1) is 0 Å². The number of hydrogen-bond donors (Lipinski definition) is 12. The van der Waals surface area contributed by atoms with Crippen LogP contribution in [0.2, 0.25) is 0 Å². The summed E-state index contributed by atoms with van der Waals surface area (Å²) in [6, 6.07) is 0. The average molecular weight is 909 g/mol. The van der Waals surface area contributed by atoms with Crippen molar-refractivity contribution in [3.05, 3.63) is 0 Å². The smallest absolute Gasteiger partial charge is 0.0685 e. The van der Waals surface area contributed by atoms with E-state index in [1.54, 1.807) is 0 Å². The molecule has 20 N–H and O–H groups in total. The minimum absolute atomic E-state index is 0. The molecule has 0 atom stereocenters. The maximum absolute atomic E-state index is 7.00. The largest absolute Gasteiger partial charge is 0.412 e.